The second-order valence-corrected chi connectivity index (χ2v) is 5.52. The second-order valence-electron chi connectivity index (χ2n) is 5.52. The fourth-order valence-electron chi connectivity index (χ4n) is 2.81. The Morgan fingerprint density at radius 3 is 3.05 bits per heavy atom. The molecule has 0 bridgehead atoms. The fraction of sp³-hybridized carbons (Fsp3) is 0.467. The molecule has 2 amide bonds. The highest BCUT2D eigenvalue weighted by Crippen LogP contribution is 2.29. The normalized spacial score (nSPS) is 25.1. The number of nitrogens with one attached hydrogen (secondary N) is 1. The molecule has 21 heavy (non-hydrogen) atoms. The lowest BCUT2D eigenvalue weighted by Gasteiger charge is -2.25. The van der Waals surface area contributed by atoms with Gasteiger partial charge in [-0.05, 0) is 25.1 Å². The molecule has 0 spiro atoms. The van der Waals surface area contributed by atoms with Crippen molar-refractivity contribution in [2.75, 3.05) is 13.1 Å². The van der Waals surface area contributed by atoms with E-state index < -0.39 is 6.04 Å². The van der Waals surface area contributed by atoms with Gasteiger partial charge in [0, 0.05) is 24.9 Å². The van der Waals surface area contributed by atoms with E-state index in [2.05, 4.69) is 5.32 Å². The van der Waals surface area contributed by atoms with Crippen molar-refractivity contribution in [3.05, 3.63) is 29.6 Å². The van der Waals surface area contributed by atoms with Crippen molar-refractivity contribution in [2.24, 2.45) is 0 Å². The molecular formula is C15H17FN2O3. The molecule has 0 radical (unpaired) electrons. The summed E-state index contributed by atoms with van der Waals surface area (Å²) in [4.78, 5) is 25.3. The number of hydrogen-bond acceptors (Lipinski definition) is 3. The van der Waals surface area contributed by atoms with Crippen LogP contribution in [0.1, 0.15) is 18.9 Å². The van der Waals surface area contributed by atoms with Crippen molar-refractivity contribution in [1.29, 1.82) is 0 Å². The van der Waals surface area contributed by atoms with E-state index >= 15 is 0 Å². The lowest BCUT2D eigenvalue weighted by atomic mass is 10.1. The number of fused-ring (bicyclic) bond motifs is 1. The topological polar surface area (TPSA) is 58.6 Å². The average molecular weight is 292 g/mol. The van der Waals surface area contributed by atoms with Gasteiger partial charge in [-0.2, -0.15) is 0 Å². The molecule has 2 heterocycles. The summed E-state index contributed by atoms with van der Waals surface area (Å²) in [5.41, 5.74) is 0.824. The monoisotopic (exact) mass is 292 g/mol. The summed E-state index contributed by atoms with van der Waals surface area (Å²) in [6.45, 7) is 2.48. The zero-order valence-corrected chi connectivity index (χ0v) is 11.8. The Balaban J connectivity index is 1.67. The van der Waals surface area contributed by atoms with E-state index in [0.29, 0.717) is 31.7 Å². The zero-order valence-electron chi connectivity index (χ0n) is 11.8. The first kappa shape index (κ1) is 13.9. The minimum atomic E-state index is -0.513. The van der Waals surface area contributed by atoms with Gasteiger partial charge in [0.2, 0.25) is 11.8 Å². The van der Waals surface area contributed by atoms with Gasteiger partial charge in [-0.1, -0.05) is 0 Å². The molecule has 2 atom stereocenters. The van der Waals surface area contributed by atoms with Crippen LogP contribution < -0.4 is 10.1 Å². The number of amides is 2. The van der Waals surface area contributed by atoms with Gasteiger partial charge in [0.15, 0.2) is 0 Å². The molecule has 0 aromatic heterocycles. The van der Waals surface area contributed by atoms with Crippen LogP contribution in [0.15, 0.2) is 18.2 Å². The summed E-state index contributed by atoms with van der Waals surface area (Å²) in [5, 5.41) is 2.65. The molecule has 1 aromatic carbocycles. The molecule has 0 aliphatic carbocycles. The number of hydrogen-bond donors (Lipinski definition) is 1. The molecule has 2 unspecified atom stereocenters. The predicted octanol–water partition coefficient (Wildman–Crippen LogP) is 0.866. The quantitative estimate of drug-likeness (QED) is 0.880. The number of benzene rings is 1. The van der Waals surface area contributed by atoms with Gasteiger partial charge in [0.05, 0.1) is 6.54 Å². The average Bonchev–Trinajstić information content (AvgIpc) is 2.78. The Hall–Kier alpha value is -2.11. The predicted molar refractivity (Wildman–Crippen MR) is 73.3 cm³/mol. The van der Waals surface area contributed by atoms with Gasteiger partial charge >= 0.3 is 0 Å². The van der Waals surface area contributed by atoms with E-state index in [1.165, 1.54) is 12.1 Å². The second kappa shape index (κ2) is 5.35. The van der Waals surface area contributed by atoms with Crippen molar-refractivity contribution in [3.8, 4) is 5.75 Å². The summed E-state index contributed by atoms with van der Waals surface area (Å²) < 4.78 is 18.9. The zero-order chi connectivity index (χ0) is 15.0. The number of carbonyl (C=O) groups is 2. The van der Waals surface area contributed by atoms with Crippen LogP contribution in [-0.2, 0) is 16.0 Å². The van der Waals surface area contributed by atoms with Crippen LogP contribution in [0.4, 0.5) is 4.39 Å². The smallest absolute Gasteiger partial charge is 0.245 e. The third-order valence-electron chi connectivity index (χ3n) is 3.86. The molecule has 0 saturated carbocycles. The Labute approximate surface area is 122 Å². The first-order chi connectivity index (χ1) is 10.0. The fourth-order valence-corrected chi connectivity index (χ4v) is 2.81. The van der Waals surface area contributed by atoms with Crippen molar-refractivity contribution in [3.63, 3.8) is 0 Å². The molecule has 1 N–H and O–H groups in total. The number of carbonyl (C=O) groups excluding carboxylic acids is 2. The van der Waals surface area contributed by atoms with Crippen LogP contribution >= 0.6 is 0 Å². The number of nitrogens with zero attached hydrogens (tertiary/aromatic N) is 1. The third kappa shape index (κ3) is 2.84. The minimum Gasteiger partial charge on any atom is -0.488 e. The molecule has 1 saturated heterocycles. The highest BCUT2D eigenvalue weighted by molar-refractivity contribution is 5.89. The van der Waals surface area contributed by atoms with E-state index in [1.807, 2.05) is 0 Å². The van der Waals surface area contributed by atoms with E-state index in [1.54, 1.807) is 17.9 Å². The van der Waals surface area contributed by atoms with Crippen LogP contribution in [0.3, 0.4) is 0 Å². The van der Waals surface area contributed by atoms with Crippen LogP contribution in [0.5, 0.6) is 5.75 Å². The minimum absolute atomic E-state index is 0.105. The first-order valence-electron chi connectivity index (χ1n) is 7.06. The summed E-state index contributed by atoms with van der Waals surface area (Å²) in [6, 6.07) is 3.93. The Morgan fingerprint density at radius 1 is 1.43 bits per heavy atom. The summed E-state index contributed by atoms with van der Waals surface area (Å²) in [6.07, 6.45) is 0.683. The molecule has 2 aliphatic rings. The molecule has 112 valence electrons. The van der Waals surface area contributed by atoms with E-state index in [0.717, 1.165) is 5.56 Å². The van der Waals surface area contributed by atoms with Crippen molar-refractivity contribution in [2.45, 2.75) is 31.9 Å². The molecule has 5 nitrogen and oxygen atoms in total. The van der Waals surface area contributed by atoms with Crippen molar-refractivity contribution >= 4 is 11.8 Å². The lowest BCUT2D eigenvalue weighted by Crippen LogP contribution is -2.45. The maximum atomic E-state index is 13.2. The highest BCUT2D eigenvalue weighted by Gasteiger charge is 2.31. The summed E-state index contributed by atoms with van der Waals surface area (Å²) in [7, 11) is 0. The van der Waals surface area contributed by atoms with Crippen LogP contribution in [0.2, 0.25) is 0 Å². The number of halogens is 1. The van der Waals surface area contributed by atoms with Crippen molar-refractivity contribution < 1.29 is 18.7 Å². The Morgan fingerprint density at radius 2 is 2.24 bits per heavy atom. The molecule has 3 rings (SSSR count). The Bertz CT molecular complexity index is 590. The standard InChI is InChI=1S/C15H17FN2O3/c1-9-15(20)18(5-4-14(19)17-9)8-12-7-10-6-11(16)2-3-13(10)21-12/h2-3,6,9,12H,4-5,7-8H2,1H3,(H,17,19). The van der Waals surface area contributed by atoms with Gasteiger partial charge < -0.3 is 15.0 Å². The Kier molecular flexibility index (Phi) is 3.53. The van der Waals surface area contributed by atoms with Gasteiger partial charge in [0.1, 0.15) is 23.7 Å². The van der Waals surface area contributed by atoms with Crippen LogP contribution in [0, 0.1) is 5.82 Å². The van der Waals surface area contributed by atoms with E-state index in [9.17, 15) is 14.0 Å². The van der Waals surface area contributed by atoms with Crippen LogP contribution in [0.25, 0.3) is 0 Å². The summed E-state index contributed by atoms with van der Waals surface area (Å²) >= 11 is 0. The molecular weight excluding hydrogens is 275 g/mol. The van der Waals surface area contributed by atoms with Gasteiger partial charge in [-0.3, -0.25) is 9.59 Å². The third-order valence-corrected chi connectivity index (χ3v) is 3.86. The van der Waals surface area contributed by atoms with Gasteiger partial charge in [-0.25, -0.2) is 4.39 Å². The van der Waals surface area contributed by atoms with Crippen LogP contribution in [-0.4, -0.2) is 41.9 Å². The maximum Gasteiger partial charge on any atom is 0.245 e. The molecule has 6 heteroatoms. The van der Waals surface area contributed by atoms with Gasteiger partial charge in [-0.15, -0.1) is 0 Å². The SMILES string of the molecule is CC1NC(=O)CCN(CC2Cc3cc(F)ccc3O2)C1=O. The largest absolute Gasteiger partial charge is 0.488 e. The van der Waals surface area contributed by atoms with E-state index in [-0.39, 0.29) is 23.7 Å². The first-order valence-corrected chi connectivity index (χ1v) is 7.06. The lowest BCUT2D eigenvalue weighted by molar-refractivity contribution is -0.133. The number of rotatable bonds is 2. The molecule has 1 fully saturated rings. The van der Waals surface area contributed by atoms with Gasteiger partial charge in [0.25, 0.3) is 0 Å². The molecule has 2 aliphatic heterocycles. The van der Waals surface area contributed by atoms with E-state index in [4.69, 9.17) is 4.74 Å². The number of ether oxygens (including phenoxy) is 1. The molecule has 1 aromatic rings. The summed E-state index contributed by atoms with van der Waals surface area (Å²) in [5.74, 6) is 0.167. The van der Waals surface area contributed by atoms with Crippen molar-refractivity contribution in [1.82, 2.24) is 10.2 Å². The highest BCUT2D eigenvalue weighted by atomic mass is 19.1. The maximum absolute atomic E-state index is 13.2.